The summed E-state index contributed by atoms with van der Waals surface area (Å²) in [5.74, 6) is 0.611. The van der Waals surface area contributed by atoms with Gasteiger partial charge in [0, 0.05) is 30.2 Å². The highest BCUT2D eigenvalue weighted by atomic mass is 79.9. The van der Waals surface area contributed by atoms with Gasteiger partial charge in [-0.1, -0.05) is 12.1 Å². The maximum atomic E-state index is 12.2. The smallest absolute Gasteiger partial charge is 0.252 e. The summed E-state index contributed by atoms with van der Waals surface area (Å²) in [6, 6.07) is 11.0. The molecule has 2 heterocycles. The van der Waals surface area contributed by atoms with Crippen LogP contribution in [0.25, 0.3) is 0 Å². The van der Waals surface area contributed by atoms with Crippen LogP contribution in [0.4, 0.5) is 5.82 Å². The van der Waals surface area contributed by atoms with Gasteiger partial charge in [-0.3, -0.25) is 14.5 Å². The van der Waals surface area contributed by atoms with Crippen LogP contribution >= 0.6 is 15.9 Å². The van der Waals surface area contributed by atoms with Gasteiger partial charge < -0.3 is 5.32 Å². The van der Waals surface area contributed by atoms with Crippen LogP contribution in [-0.2, 0) is 11.3 Å². The summed E-state index contributed by atoms with van der Waals surface area (Å²) in [4.78, 5) is 29.9. The number of nitrogens with one attached hydrogen (secondary N) is 1. The van der Waals surface area contributed by atoms with Crippen LogP contribution in [0, 0.1) is 0 Å². The summed E-state index contributed by atoms with van der Waals surface area (Å²) in [6.07, 6.45) is 3.11. The maximum absolute atomic E-state index is 12.2. The van der Waals surface area contributed by atoms with Crippen molar-refractivity contribution >= 4 is 33.6 Å². The summed E-state index contributed by atoms with van der Waals surface area (Å²) in [5, 5.41) is 2.88. The van der Waals surface area contributed by atoms with Gasteiger partial charge in [-0.25, -0.2) is 4.98 Å². The van der Waals surface area contributed by atoms with E-state index >= 15 is 0 Å². The second-order valence-electron chi connectivity index (χ2n) is 5.33. The quantitative estimate of drug-likeness (QED) is 0.895. The van der Waals surface area contributed by atoms with Crippen molar-refractivity contribution in [3.05, 3.63) is 58.2 Å². The van der Waals surface area contributed by atoms with E-state index in [0.29, 0.717) is 30.9 Å². The molecular formula is C17H16BrN3O2. The molecule has 1 saturated heterocycles. The molecule has 0 bridgehead atoms. The molecule has 5 nitrogen and oxygen atoms in total. The van der Waals surface area contributed by atoms with Crippen molar-refractivity contribution in [3.8, 4) is 0 Å². The maximum Gasteiger partial charge on any atom is 0.252 e. The normalized spacial score (nSPS) is 14.1. The molecule has 23 heavy (non-hydrogen) atoms. The van der Waals surface area contributed by atoms with E-state index in [1.54, 1.807) is 17.2 Å². The van der Waals surface area contributed by atoms with Crippen LogP contribution in [-0.4, -0.2) is 23.3 Å². The van der Waals surface area contributed by atoms with Crippen LogP contribution in [0.5, 0.6) is 0 Å². The van der Waals surface area contributed by atoms with Gasteiger partial charge >= 0.3 is 0 Å². The number of carbonyl (C=O) groups is 2. The first-order valence-electron chi connectivity index (χ1n) is 7.43. The molecule has 3 rings (SSSR count). The Morgan fingerprint density at radius 2 is 2.13 bits per heavy atom. The molecule has 0 radical (unpaired) electrons. The Hall–Kier alpha value is -2.21. The van der Waals surface area contributed by atoms with Crippen molar-refractivity contribution in [2.24, 2.45) is 0 Å². The lowest BCUT2D eigenvalue weighted by atomic mass is 10.2. The van der Waals surface area contributed by atoms with Crippen LogP contribution in [0.3, 0.4) is 0 Å². The molecule has 1 aliphatic rings. The van der Waals surface area contributed by atoms with Crippen LogP contribution < -0.4 is 10.2 Å². The van der Waals surface area contributed by atoms with E-state index in [-0.39, 0.29) is 11.8 Å². The first-order chi connectivity index (χ1) is 11.1. The van der Waals surface area contributed by atoms with Crippen LogP contribution in [0.1, 0.15) is 28.8 Å². The number of carbonyl (C=O) groups excluding carboxylic acids is 2. The molecule has 2 aromatic rings. The molecular weight excluding hydrogens is 358 g/mol. The van der Waals surface area contributed by atoms with E-state index in [1.807, 2.05) is 30.3 Å². The van der Waals surface area contributed by atoms with Gasteiger partial charge in [-0.15, -0.1) is 0 Å². The summed E-state index contributed by atoms with van der Waals surface area (Å²) in [7, 11) is 0. The number of anilines is 1. The highest BCUT2D eigenvalue weighted by Crippen LogP contribution is 2.20. The molecule has 1 aromatic heterocycles. The lowest BCUT2D eigenvalue weighted by molar-refractivity contribution is -0.117. The van der Waals surface area contributed by atoms with Crippen molar-refractivity contribution in [1.82, 2.24) is 10.3 Å². The Kier molecular flexibility index (Phi) is 4.71. The fourth-order valence-corrected chi connectivity index (χ4v) is 3.00. The van der Waals surface area contributed by atoms with Gasteiger partial charge in [0.05, 0.1) is 5.56 Å². The fraction of sp³-hybridized carbons (Fsp3) is 0.235. The minimum atomic E-state index is -0.145. The Bertz CT molecular complexity index is 748. The summed E-state index contributed by atoms with van der Waals surface area (Å²) >= 11 is 3.37. The molecule has 2 amide bonds. The lowest BCUT2D eigenvalue weighted by Gasteiger charge is -2.15. The van der Waals surface area contributed by atoms with E-state index in [2.05, 4.69) is 26.2 Å². The average Bonchev–Trinajstić information content (AvgIpc) is 2.99. The number of pyridine rings is 1. The largest absolute Gasteiger partial charge is 0.348 e. The van der Waals surface area contributed by atoms with Crippen molar-refractivity contribution in [3.63, 3.8) is 0 Å². The minimum absolute atomic E-state index is 0.104. The first-order valence-corrected chi connectivity index (χ1v) is 8.22. The number of aromatic nitrogens is 1. The van der Waals surface area contributed by atoms with E-state index in [9.17, 15) is 9.59 Å². The number of amides is 2. The number of benzene rings is 1. The summed E-state index contributed by atoms with van der Waals surface area (Å²) in [6.45, 7) is 1.09. The molecule has 1 N–H and O–H groups in total. The molecule has 0 spiro atoms. The van der Waals surface area contributed by atoms with Gasteiger partial charge in [-0.05, 0) is 52.2 Å². The highest BCUT2D eigenvalue weighted by Gasteiger charge is 2.22. The second kappa shape index (κ2) is 6.91. The third-order valence-corrected chi connectivity index (χ3v) is 4.42. The van der Waals surface area contributed by atoms with Gasteiger partial charge in [-0.2, -0.15) is 0 Å². The Morgan fingerprint density at radius 3 is 2.87 bits per heavy atom. The average molecular weight is 374 g/mol. The highest BCUT2D eigenvalue weighted by molar-refractivity contribution is 9.10. The van der Waals surface area contributed by atoms with E-state index in [1.165, 1.54) is 0 Å². The van der Waals surface area contributed by atoms with Crippen molar-refractivity contribution in [2.75, 3.05) is 11.4 Å². The third kappa shape index (κ3) is 3.59. The van der Waals surface area contributed by atoms with Crippen LogP contribution in [0.2, 0.25) is 0 Å². The SMILES string of the molecule is O=C(NCc1ccnc(N2CCCC2=O)c1)c1ccccc1Br. The zero-order chi connectivity index (χ0) is 16.2. The van der Waals surface area contributed by atoms with Gasteiger partial charge in [0.1, 0.15) is 5.82 Å². The predicted octanol–water partition coefficient (Wildman–Crippen LogP) is 2.90. The third-order valence-electron chi connectivity index (χ3n) is 3.73. The molecule has 1 aliphatic heterocycles. The Morgan fingerprint density at radius 1 is 1.30 bits per heavy atom. The second-order valence-corrected chi connectivity index (χ2v) is 6.19. The molecule has 1 aromatic carbocycles. The molecule has 0 saturated carbocycles. The lowest BCUT2D eigenvalue weighted by Crippen LogP contribution is -2.26. The topological polar surface area (TPSA) is 62.3 Å². The molecule has 0 atom stereocenters. The predicted molar refractivity (Wildman–Crippen MR) is 91.1 cm³/mol. The number of halogens is 1. The Labute approximate surface area is 142 Å². The zero-order valence-electron chi connectivity index (χ0n) is 12.5. The fourth-order valence-electron chi connectivity index (χ4n) is 2.53. The zero-order valence-corrected chi connectivity index (χ0v) is 14.0. The molecule has 6 heteroatoms. The van der Waals surface area contributed by atoms with Crippen LogP contribution in [0.15, 0.2) is 47.1 Å². The summed E-state index contributed by atoms with van der Waals surface area (Å²) < 4.78 is 0.760. The summed E-state index contributed by atoms with van der Waals surface area (Å²) in [5.41, 5.74) is 1.51. The standard InChI is InChI=1S/C17H16BrN3O2/c18-14-5-2-1-4-13(14)17(23)20-11-12-7-8-19-15(10-12)21-9-3-6-16(21)22/h1-2,4-5,7-8,10H,3,6,9,11H2,(H,20,23). The monoisotopic (exact) mass is 373 g/mol. The van der Waals surface area contributed by atoms with E-state index in [0.717, 1.165) is 16.5 Å². The number of hydrogen-bond acceptors (Lipinski definition) is 3. The Balaban J connectivity index is 1.68. The van der Waals surface area contributed by atoms with E-state index in [4.69, 9.17) is 0 Å². The molecule has 0 unspecified atom stereocenters. The van der Waals surface area contributed by atoms with Crippen molar-refractivity contribution in [2.45, 2.75) is 19.4 Å². The van der Waals surface area contributed by atoms with Crippen molar-refractivity contribution < 1.29 is 9.59 Å². The number of nitrogens with zero attached hydrogens (tertiary/aromatic N) is 2. The first kappa shape index (κ1) is 15.7. The number of rotatable bonds is 4. The van der Waals surface area contributed by atoms with Gasteiger partial charge in [0.2, 0.25) is 5.91 Å². The van der Waals surface area contributed by atoms with E-state index < -0.39 is 0 Å². The van der Waals surface area contributed by atoms with Gasteiger partial charge in [0.15, 0.2) is 0 Å². The molecule has 118 valence electrons. The minimum Gasteiger partial charge on any atom is -0.348 e. The van der Waals surface area contributed by atoms with Crippen molar-refractivity contribution in [1.29, 1.82) is 0 Å². The molecule has 0 aliphatic carbocycles. The van der Waals surface area contributed by atoms with Gasteiger partial charge in [0.25, 0.3) is 5.91 Å². The number of hydrogen-bond donors (Lipinski definition) is 1. The molecule has 1 fully saturated rings.